The predicted octanol–water partition coefficient (Wildman–Crippen LogP) is 1.74. The number of ether oxygens (including phenoxy) is 1. The molecule has 1 atom stereocenters. The Labute approximate surface area is 149 Å². The molecule has 1 aliphatic heterocycles. The van der Waals surface area contributed by atoms with Crippen LogP contribution in [-0.4, -0.2) is 46.8 Å². The van der Waals surface area contributed by atoms with Crippen LogP contribution in [0.2, 0.25) is 0 Å². The third-order valence-corrected chi connectivity index (χ3v) is 3.94. The lowest BCUT2D eigenvalue weighted by Crippen LogP contribution is -2.32. The smallest absolute Gasteiger partial charge is 0.315 e. The first-order valence-electron chi connectivity index (χ1n) is 8.33. The number of para-hydroxylation sites is 1. The number of hydrogen-bond acceptors (Lipinski definition) is 8. The SMILES string of the molecule is O=C(CCNc1nnc(-c2ccccc2[N+](=O)[O-])o1)NCC1CCCO1. The number of nitrogens with one attached hydrogen (secondary N) is 2. The van der Waals surface area contributed by atoms with Crippen LogP contribution >= 0.6 is 0 Å². The van der Waals surface area contributed by atoms with Gasteiger partial charge < -0.3 is 19.8 Å². The van der Waals surface area contributed by atoms with Gasteiger partial charge in [0.1, 0.15) is 5.56 Å². The van der Waals surface area contributed by atoms with Crippen molar-refractivity contribution in [3.63, 3.8) is 0 Å². The van der Waals surface area contributed by atoms with Gasteiger partial charge in [0, 0.05) is 32.2 Å². The summed E-state index contributed by atoms with van der Waals surface area (Å²) in [6.07, 6.45) is 2.33. The highest BCUT2D eigenvalue weighted by atomic mass is 16.6. The number of rotatable bonds is 8. The van der Waals surface area contributed by atoms with Gasteiger partial charge in [0.15, 0.2) is 0 Å². The summed E-state index contributed by atoms with van der Waals surface area (Å²) in [4.78, 5) is 22.3. The van der Waals surface area contributed by atoms with Gasteiger partial charge in [0.2, 0.25) is 5.91 Å². The molecular weight excluding hydrogens is 342 g/mol. The fraction of sp³-hybridized carbons (Fsp3) is 0.438. The summed E-state index contributed by atoms with van der Waals surface area (Å²) in [7, 11) is 0. The molecule has 1 saturated heterocycles. The van der Waals surface area contributed by atoms with Crippen molar-refractivity contribution in [2.75, 3.05) is 25.0 Å². The first-order chi connectivity index (χ1) is 12.6. The number of benzene rings is 1. The molecule has 1 aromatic carbocycles. The average Bonchev–Trinajstić information content (AvgIpc) is 3.32. The van der Waals surface area contributed by atoms with E-state index in [1.165, 1.54) is 12.1 Å². The molecule has 1 unspecified atom stereocenters. The van der Waals surface area contributed by atoms with Crippen molar-refractivity contribution in [3.8, 4) is 11.5 Å². The van der Waals surface area contributed by atoms with Gasteiger partial charge in [-0.3, -0.25) is 14.9 Å². The second-order valence-electron chi connectivity index (χ2n) is 5.80. The molecular formula is C16H19N5O5. The number of carbonyl (C=O) groups is 1. The van der Waals surface area contributed by atoms with Crippen LogP contribution < -0.4 is 10.6 Å². The van der Waals surface area contributed by atoms with Gasteiger partial charge in [0.05, 0.1) is 11.0 Å². The monoisotopic (exact) mass is 361 g/mol. The number of hydrogen-bond donors (Lipinski definition) is 2. The van der Waals surface area contributed by atoms with Crippen LogP contribution in [-0.2, 0) is 9.53 Å². The fourth-order valence-corrected chi connectivity index (χ4v) is 2.62. The Bertz CT molecular complexity index is 772. The maximum Gasteiger partial charge on any atom is 0.315 e. The van der Waals surface area contributed by atoms with Gasteiger partial charge in [-0.1, -0.05) is 17.2 Å². The Morgan fingerprint density at radius 1 is 1.35 bits per heavy atom. The minimum absolute atomic E-state index is 0.0441. The molecule has 1 aromatic heterocycles. The maximum absolute atomic E-state index is 11.8. The van der Waals surface area contributed by atoms with E-state index in [0.717, 1.165) is 19.4 Å². The molecule has 0 saturated carbocycles. The first-order valence-corrected chi connectivity index (χ1v) is 8.33. The topological polar surface area (TPSA) is 132 Å². The molecule has 26 heavy (non-hydrogen) atoms. The molecule has 1 fully saturated rings. The molecule has 0 radical (unpaired) electrons. The largest absolute Gasteiger partial charge is 0.403 e. The van der Waals surface area contributed by atoms with Crippen LogP contribution in [0.4, 0.5) is 11.7 Å². The van der Waals surface area contributed by atoms with E-state index < -0.39 is 4.92 Å². The van der Waals surface area contributed by atoms with Crippen molar-refractivity contribution in [3.05, 3.63) is 34.4 Å². The van der Waals surface area contributed by atoms with E-state index in [2.05, 4.69) is 20.8 Å². The Morgan fingerprint density at radius 2 is 2.19 bits per heavy atom. The molecule has 138 valence electrons. The third kappa shape index (κ3) is 4.54. The normalized spacial score (nSPS) is 16.4. The van der Waals surface area contributed by atoms with Crippen molar-refractivity contribution in [2.45, 2.75) is 25.4 Å². The van der Waals surface area contributed by atoms with Gasteiger partial charge in [-0.15, -0.1) is 5.10 Å². The Morgan fingerprint density at radius 3 is 2.96 bits per heavy atom. The van der Waals surface area contributed by atoms with E-state index in [-0.39, 0.29) is 41.6 Å². The van der Waals surface area contributed by atoms with Crippen molar-refractivity contribution in [1.29, 1.82) is 0 Å². The zero-order chi connectivity index (χ0) is 18.4. The van der Waals surface area contributed by atoms with Gasteiger partial charge in [-0.25, -0.2) is 0 Å². The molecule has 10 nitrogen and oxygen atoms in total. The number of carbonyl (C=O) groups excluding carboxylic acids is 1. The van der Waals surface area contributed by atoms with Gasteiger partial charge >= 0.3 is 6.01 Å². The Balaban J connectivity index is 1.48. The maximum atomic E-state index is 11.8. The lowest BCUT2D eigenvalue weighted by molar-refractivity contribution is -0.384. The molecule has 0 aliphatic carbocycles. The van der Waals surface area contributed by atoms with Crippen molar-refractivity contribution in [2.24, 2.45) is 0 Å². The quantitative estimate of drug-likeness (QED) is 0.537. The molecule has 2 aromatic rings. The highest BCUT2D eigenvalue weighted by Crippen LogP contribution is 2.29. The van der Waals surface area contributed by atoms with Crippen LogP contribution in [0.3, 0.4) is 0 Å². The second kappa shape index (κ2) is 8.39. The molecule has 10 heteroatoms. The number of amides is 1. The number of nitro benzene ring substituents is 1. The minimum Gasteiger partial charge on any atom is -0.403 e. The van der Waals surface area contributed by atoms with Crippen LogP contribution in [0.25, 0.3) is 11.5 Å². The van der Waals surface area contributed by atoms with Crippen LogP contribution in [0.1, 0.15) is 19.3 Å². The zero-order valence-corrected chi connectivity index (χ0v) is 14.0. The lowest BCUT2D eigenvalue weighted by Gasteiger charge is -2.10. The Kier molecular flexibility index (Phi) is 5.74. The number of nitro groups is 1. The summed E-state index contributed by atoms with van der Waals surface area (Å²) in [6, 6.07) is 6.22. The van der Waals surface area contributed by atoms with Crippen LogP contribution in [0, 0.1) is 10.1 Å². The van der Waals surface area contributed by atoms with E-state index >= 15 is 0 Å². The van der Waals surface area contributed by atoms with Gasteiger partial charge in [-0.2, -0.15) is 0 Å². The highest BCUT2D eigenvalue weighted by molar-refractivity contribution is 5.76. The molecule has 0 bridgehead atoms. The lowest BCUT2D eigenvalue weighted by atomic mass is 10.2. The third-order valence-electron chi connectivity index (χ3n) is 3.94. The zero-order valence-electron chi connectivity index (χ0n) is 14.0. The molecule has 2 N–H and O–H groups in total. The minimum atomic E-state index is -0.509. The van der Waals surface area contributed by atoms with Gasteiger partial charge in [-0.05, 0) is 18.9 Å². The van der Waals surface area contributed by atoms with E-state index in [1.807, 2.05) is 0 Å². The van der Waals surface area contributed by atoms with Gasteiger partial charge in [0.25, 0.3) is 11.6 Å². The fourth-order valence-electron chi connectivity index (χ4n) is 2.62. The van der Waals surface area contributed by atoms with E-state index in [4.69, 9.17) is 9.15 Å². The molecule has 1 aliphatic rings. The molecule has 3 rings (SSSR count). The van der Waals surface area contributed by atoms with Crippen molar-refractivity contribution in [1.82, 2.24) is 15.5 Å². The first kappa shape index (κ1) is 17.8. The van der Waals surface area contributed by atoms with Crippen molar-refractivity contribution >= 4 is 17.6 Å². The summed E-state index contributed by atoms with van der Waals surface area (Å²) in [5, 5.41) is 24.3. The summed E-state index contributed by atoms with van der Waals surface area (Å²) < 4.78 is 10.8. The predicted molar refractivity (Wildman–Crippen MR) is 91.5 cm³/mol. The summed E-state index contributed by atoms with van der Waals surface area (Å²) in [6.45, 7) is 1.57. The van der Waals surface area contributed by atoms with Crippen molar-refractivity contribution < 1.29 is 18.9 Å². The number of nitrogens with zero attached hydrogens (tertiary/aromatic N) is 3. The summed E-state index contributed by atoms with van der Waals surface area (Å²) in [5.74, 6) is -0.0610. The average molecular weight is 361 g/mol. The van der Waals surface area contributed by atoms with E-state index in [9.17, 15) is 14.9 Å². The highest BCUT2D eigenvalue weighted by Gasteiger charge is 2.20. The number of anilines is 1. The summed E-state index contributed by atoms with van der Waals surface area (Å²) >= 11 is 0. The second-order valence-corrected chi connectivity index (χ2v) is 5.80. The molecule has 0 spiro atoms. The molecule has 1 amide bonds. The number of aromatic nitrogens is 2. The van der Waals surface area contributed by atoms with E-state index in [0.29, 0.717) is 13.1 Å². The standard InChI is InChI=1S/C16H19N5O5/c22-14(18-10-11-4-3-9-25-11)7-8-17-16-20-19-15(26-16)12-5-1-2-6-13(12)21(23)24/h1-2,5-6,11H,3-4,7-10H2,(H,17,20)(H,18,22). The Hall–Kier alpha value is -3.01. The van der Waals surface area contributed by atoms with Crippen LogP contribution in [0.5, 0.6) is 0 Å². The molecule has 2 heterocycles. The van der Waals surface area contributed by atoms with Crippen LogP contribution in [0.15, 0.2) is 28.7 Å². The van der Waals surface area contributed by atoms with E-state index in [1.54, 1.807) is 12.1 Å². The summed E-state index contributed by atoms with van der Waals surface area (Å²) in [5.41, 5.74) is 0.128.